The number of nitrogens with zero attached hydrogens (tertiary/aromatic N) is 1. The molecule has 25 heavy (non-hydrogen) atoms. The van der Waals surface area contributed by atoms with Gasteiger partial charge in [-0.2, -0.15) is 0 Å². The normalized spacial score (nSPS) is 16.8. The summed E-state index contributed by atoms with van der Waals surface area (Å²) in [6.45, 7) is 7.04. The molecular formula is C19H28FN2O3+. The Balaban J connectivity index is 2.21. The molecule has 0 radical (unpaired) electrons. The molecule has 0 aliphatic carbocycles. The first-order chi connectivity index (χ1) is 11.9. The highest BCUT2D eigenvalue weighted by Gasteiger charge is 2.30. The number of likely N-dealkylation sites (N-methyl/N-ethyl adjacent to an activating group) is 1. The van der Waals surface area contributed by atoms with Crippen molar-refractivity contribution < 1.29 is 23.2 Å². The SMILES string of the molecule is CC[N+]1(CC(=O)Nc2c(C)cc(F)cc2C(=O)OC)CCCCCC1. The molecule has 0 unspecified atom stereocenters. The van der Waals surface area contributed by atoms with Gasteiger partial charge in [-0.1, -0.05) is 0 Å². The number of rotatable bonds is 5. The van der Waals surface area contributed by atoms with Gasteiger partial charge in [0.1, 0.15) is 5.82 Å². The van der Waals surface area contributed by atoms with Gasteiger partial charge in [0, 0.05) is 0 Å². The van der Waals surface area contributed by atoms with E-state index in [9.17, 15) is 14.0 Å². The van der Waals surface area contributed by atoms with Crippen molar-refractivity contribution >= 4 is 17.6 Å². The summed E-state index contributed by atoms with van der Waals surface area (Å²) in [6.07, 6.45) is 4.69. The fourth-order valence-electron chi connectivity index (χ4n) is 3.61. The minimum Gasteiger partial charge on any atom is -0.465 e. The fourth-order valence-corrected chi connectivity index (χ4v) is 3.61. The Hall–Kier alpha value is -1.95. The molecule has 0 atom stereocenters. The van der Waals surface area contributed by atoms with Crippen LogP contribution in [0.15, 0.2) is 12.1 Å². The molecule has 1 saturated heterocycles. The third-order valence-corrected chi connectivity index (χ3v) is 5.13. The maximum absolute atomic E-state index is 13.7. The number of ether oxygens (including phenoxy) is 1. The smallest absolute Gasteiger partial charge is 0.340 e. The maximum Gasteiger partial charge on any atom is 0.340 e. The van der Waals surface area contributed by atoms with E-state index in [1.165, 1.54) is 26.0 Å². The number of esters is 1. The molecule has 1 fully saturated rings. The molecule has 1 heterocycles. The lowest BCUT2D eigenvalue weighted by atomic mass is 10.1. The summed E-state index contributed by atoms with van der Waals surface area (Å²) in [7, 11) is 1.24. The van der Waals surface area contributed by atoms with Crippen LogP contribution < -0.4 is 5.32 Å². The van der Waals surface area contributed by atoms with Crippen LogP contribution in [0.25, 0.3) is 0 Å². The van der Waals surface area contributed by atoms with Gasteiger partial charge in [-0.3, -0.25) is 4.79 Å². The molecule has 0 spiro atoms. The van der Waals surface area contributed by atoms with Gasteiger partial charge in [0.15, 0.2) is 6.54 Å². The van der Waals surface area contributed by atoms with Crippen LogP contribution in [0, 0.1) is 12.7 Å². The molecule has 5 nitrogen and oxygen atoms in total. The summed E-state index contributed by atoms with van der Waals surface area (Å²) < 4.78 is 19.1. The lowest BCUT2D eigenvalue weighted by Gasteiger charge is -2.36. The molecule has 2 rings (SSSR count). The van der Waals surface area contributed by atoms with Crippen LogP contribution >= 0.6 is 0 Å². The number of carbonyl (C=O) groups is 2. The molecule has 1 amide bonds. The number of anilines is 1. The number of aryl methyl sites for hydroxylation is 1. The average molecular weight is 351 g/mol. The first kappa shape index (κ1) is 19.4. The van der Waals surface area contributed by atoms with Crippen molar-refractivity contribution in [3.63, 3.8) is 0 Å². The first-order valence-electron chi connectivity index (χ1n) is 8.94. The Labute approximate surface area is 148 Å². The van der Waals surface area contributed by atoms with E-state index >= 15 is 0 Å². The number of carbonyl (C=O) groups excluding carboxylic acids is 2. The van der Waals surface area contributed by atoms with E-state index < -0.39 is 11.8 Å². The van der Waals surface area contributed by atoms with Gasteiger partial charge in [0.05, 0.1) is 38.0 Å². The number of quaternary nitrogens is 1. The number of hydrogen-bond donors (Lipinski definition) is 1. The van der Waals surface area contributed by atoms with Gasteiger partial charge < -0.3 is 14.5 Å². The Kier molecular flexibility index (Phi) is 6.53. The van der Waals surface area contributed by atoms with E-state index in [1.54, 1.807) is 6.92 Å². The highest BCUT2D eigenvalue weighted by molar-refractivity contribution is 6.02. The summed E-state index contributed by atoms with van der Waals surface area (Å²) in [4.78, 5) is 24.6. The van der Waals surface area contributed by atoms with Gasteiger partial charge in [-0.15, -0.1) is 0 Å². The van der Waals surface area contributed by atoms with E-state index in [4.69, 9.17) is 4.74 Å². The topological polar surface area (TPSA) is 55.4 Å². The number of likely N-dealkylation sites (tertiary alicyclic amines) is 1. The zero-order valence-corrected chi connectivity index (χ0v) is 15.4. The number of methoxy groups -OCH3 is 1. The van der Waals surface area contributed by atoms with Crippen molar-refractivity contribution in [2.24, 2.45) is 0 Å². The quantitative estimate of drug-likeness (QED) is 0.654. The van der Waals surface area contributed by atoms with Crippen molar-refractivity contribution in [1.82, 2.24) is 0 Å². The lowest BCUT2D eigenvalue weighted by Crippen LogP contribution is -2.52. The van der Waals surface area contributed by atoms with Crippen molar-refractivity contribution in [2.75, 3.05) is 38.6 Å². The van der Waals surface area contributed by atoms with Gasteiger partial charge in [-0.05, 0) is 57.2 Å². The Bertz CT molecular complexity index is 638. The molecule has 1 aliphatic rings. The standard InChI is InChI=1S/C19H27FN2O3/c1-4-22(9-7-5-6-8-10-22)13-17(23)21-18-14(2)11-15(20)12-16(18)19(24)25-3/h11-12H,4-10,13H2,1-3H3/p+1. The predicted octanol–water partition coefficient (Wildman–Crippen LogP) is 3.27. The second-order valence-corrected chi connectivity index (χ2v) is 6.86. The predicted molar refractivity (Wildman–Crippen MR) is 95.0 cm³/mol. The minimum absolute atomic E-state index is 0.0484. The summed E-state index contributed by atoms with van der Waals surface area (Å²) in [5.74, 6) is -1.34. The second kappa shape index (κ2) is 8.43. The molecular weight excluding hydrogens is 323 g/mol. The average Bonchev–Trinajstić information content (AvgIpc) is 2.82. The van der Waals surface area contributed by atoms with Crippen LogP contribution in [0.4, 0.5) is 10.1 Å². The van der Waals surface area contributed by atoms with E-state index in [0.717, 1.165) is 43.0 Å². The molecule has 6 heteroatoms. The summed E-state index contributed by atoms with van der Waals surface area (Å²) in [5.41, 5.74) is 0.891. The van der Waals surface area contributed by atoms with Crippen molar-refractivity contribution in [3.05, 3.63) is 29.1 Å². The highest BCUT2D eigenvalue weighted by atomic mass is 19.1. The van der Waals surface area contributed by atoms with Crippen LogP contribution in [0.1, 0.15) is 48.5 Å². The molecule has 1 aromatic carbocycles. The molecule has 0 bridgehead atoms. The third-order valence-electron chi connectivity index (χ3n) is 5.13. The van der Waals surface area contributed by atoms with Crippen molar-refractivity contribution in [3.8, 4) is 0 Å². The van der Waals surface area contributed by atoms with Gasteiger partial charge in [0.25, 0.3) is 5.91 Å². The van der Waals surface area contributed by atoms with E-state index in [1.807, 2.05) is 0 Å². The molecule has 1 aromatic rings. The number of halogens is 1. The fraction of sp³-hybridized carbons (Fsp3) is 0.579. The first-order valence-corrected chi connectivity index (χ1v) is 8.94. The molecule has 0 saturated carbocycles. The van der Waals surface area contributed by atoms with Crippen LogP contribution in [0.5, 0.6) is 0 Å². The van der Waals surface area contributed by atoms with E-state index in [0.29, 0.717) is 17.8 Å². The molecule has 0 aromatic heterocycles. The summed E-state index contributed by atoms with van der Waals surface area (Å²) in [5, 5.41) is 2.83. The zero-order valence-electron chi connectivity index (χ0n) is 15.4. The molecule has 1 aliphatic heterocycles. The van der Waals surface area contributed by atoms with Crippen molar-refractivity contribution in [2.45, 2.75) is 39.5 Å². The Morgan fingerprint density at radius 2 is 1.84 bits per heavy atom. The number of amides is 1. The Morgan fingerprint density at radius 3 is 2.40 bits per heavy atom. The summed E-state index contributed by atoms with van der Waals surface area (Å²) in [6, 6.07) is 2.41. The lowest BCUT2D eigenvalue weighted by molar-refractivity contribution is -0.918. The van der Waals surface area contributed by atoms with Crippen LogP contribution in [-0.4, -0.2) is 49.6 Å². The Morgan fingerprint density at radius 1 is 1.20 bits per heavy atom. The van der Waals surface area contributed by atoms with Crippen LogP contribution in [0.2, 0.25) is 0 Å². The van der Waals surface area contributed by atoms with Crippen molar-refractivity contribution in [1.29, 1.82) is 0 Å². The maximum atomic E-state index is 13.7. The summed E-state index contributed by atoms with van der Waals surface area (Å²) >= 11 is 0. The van der Waals surface area contributed by atoms with Gasteiger partial charge in [0.2, 0.25) is 0 Å². The number of benzene rings is 1. The minimum atomic E-state index is -0.660. The van der Waals surface area contributed by atoms with Gasteiger partial charge >= 0.3 is 5.97 Å². The number of nitrogens with one attached hydrogen (secondary N) is 1. The van der Waals surface area contributed by atoms with E-state index in [-0.39, 0.29) is 11.5 Å². The highest BCUT2D eigenvalue weighted by Crippen LogP contribution is 2.24. The molecule has 138 valence electrons. The number of hydrogen-bond acceptors (Lipinski definition) is 3. The molecule has 1 N–H and O–H groups in total. The second-order valence-electron chi connectivity index (χ2n) is 6.86. The monoisotopic (exact) mass is 351 g/mol. The third kappa shape index (κ3) is 4.78. The van der Waals surface area contributed by atoms with Crippen LogP contribution in [0.3, 0.4) is 0 Å². The van der Waals surface area contributed by atoms with E-state index in [2.05, 4.69) is 12.2 Å². The van der Waals surface area contributed by atoms with Crippen LogP contribution in [-0.2, 0) is 9.53 Å². The largest absolute Gasteiger partial charge is 0.465 e. The van der Waals surface area contributed by atoms with Gasteiger partial charge in [-0.25, -0.2) is 9.18 Å². The zero-order chi connectivity index (χ0) is 18.4.